The number of nitrogens with one attached hydrogen (secondary N) is 1. The average Bonchev–Trinajstić information content (AvgIpc) is 2.64. The molecule has 0 heterocycles. The van der Waals surface area contributed by atoms with E-state index in [9.17, 15) is 4.79 Å². The topological polar surface area (TPSA) is 38.3 Å². The van der Waals surface area contributed by atoms with Gasteiger partial charge in [0.15, 0.2) is 0 Å². The number of carbonyl (C=O) groups excluding carboxylic acids is 1. The molecular weight excluding hydrogens is 346 g/mol. The van der Waals surface area contributed by atoms with Crippen molar-refractivity contribution in [3.8, 4) is 5.75 Å². The van der Waals surface area contributed by atoms with E-state index in [1.807, 2.05) is 56.3 Å². The van der Waals surface area contributed by atoms with Gasteiger partial charge in [-0.3, -0.25) is 4.79 Å². The lowest BCUT2D eigenvalue weighted by atomic mass is 10.1. The van der Waals surface area contributed by atoms with E-state index in [1.54, 1.807) is 24.3 Å². The van der Waals surface area contributed by atoms with Gasteiger partial charge >= 0.3 is 0 Å². The first-order valence-electron chi connectivity index (χ1n) is 8.38. The Morgan fingerprint density at radius 3 is 2.38 bits per heavy atom. The lowest BCUT2D eigenvalue weighted by molar-refractivity contribution is 0.102. The third kappa shape index (κ3) is 4.44. The fourth-order valence-corrected chi connectivity index (χ4v) is 2.69. The second-order valence-electron chi connectivity index (χ2n) is 6.16. The van der Waals surface area contributed by atoms with Crippen LogP contribution >= 0.6 is 11.6 Å². The molecule has 4 heteroatoms. The zero-order valence-electron chi connectivity index (χ0n) is 14.8. The zero-order valence-corrected chi connectivity index (χ0v) is 15.5. The monoisotopic (exact) mass is 365 g/mol. The van der Waals surface area contributed by atoms with E-state index in [1.165, 1.54) is 5.56 Å². The van der Waals surface area contributed by atoms with Crippen LogP contribution in [0.5, 0.6) is 5.75 Å². The van der Waals surface area contributed by atoms with Crippen LogP contribution in [0.3, 0.4) is 0 Å². The van der Waals surface area contributed by atoms with Crippen molar-refractivity contribution >= 4 is 23.2 Å². The standard InChI is InChI=1S/C22H20ClNO2/c1-15-7-10-19(13-16(15)2)24-22(25)17-8-11-20(12-9-17)26-14-18-5-3-4-6-21(18)23/h3-13H,14H2,1-2H3,(H,24,25). The minimum absolute atomic E-state index is 0.147. The Kier molecular flexibility index (Phi) is 5.59. The van der Waals surface area contributed by atoms with E-state index in [2.05, 4.69) is 5.32 Å². The highest BCUT2D eigenvalue weighted by Gasteiger charge is 2.07. The van der Waals surface area contributed by atoms with Crippen molar-refractivity contribution in [1.29, 1.82) is 0 Å². The molecule has 0 bridgehead atoms. The van der Waals surface area contributed by atoms with Crippen LogP contribution in [0.15, 0.2) is 66.7 Å². The Balaban J connectivity index is 1.62. The molecule has 0 aromatic heterocycles. The third-order valence-electron chi connectivity index (χ3n) is 4.23. The van der Waals surface area contributed by atoms with Gasteiger partial charge in [-0.25, -0.2) is 0 Å². The summed E-state index contributed by atoms with van der Waals surface area (Å²) in [6, 6.07) is 20.5. The van der Waals surface area contributed by atoms with Gasteiger partial charge in [-0.15, -0.1) is 0 Å². The lowest BCUT2D eigenvalue weighted by Crippen LogP contribution is -2.12. The molecule has 0 saturated carbocycles. The highest BCUT2D eigenvalue weighted by molar-refractivity contribution is 6.31. The number of halogens is 1. The van der Waals surface area contributed by atoms with Gasteiger partial charge in [-0.2, -0.15) is 0 Å². The summed E-state index contributed by atoms with van der Waals surface area (Å²) >= 11 is 6.12. The van der Waals surface area contributed by atoms with Crippen molar-refractivity contribution in [1.82, 2.24) is 0 Å². The van der Waals surface area contributed by atoms with Gasteiger partial charge in [-0.1, -0.05) is 35.9 Å². The lowest BCUT2D eigenvalue weighted by Gasteiger charge is -2.10. The first-order valence-corrected chi connectivity index (χ1v) is 8.75. The van der Waals surface area contributed by atoms with Crippen LogP contribution in [0.2, 0.25) is 5.02 Å². The van der Waals surface area contributed by atoms with Crippen LogP contribution in [0.1, 0.15) is 27.0 Å². The number of anilines is 1. The van der Waals surface area contributed by atoms with Crippen molar-refractivity contribution < 1.29 is 9.53 Å². The molecule has 0 fully saturated rings. The Morgan fingerprint density at radius 2 is 1.69 bits per heavy atom. The molecule has 1 amide bonds. The molecule has 1 N–H and O–H groups in total. The molecule has 0 atom stereocenters. The van der Waals surface area contributed by atoms with E-state index in [0.717, 1.165) is 16.8 Å². The summed E-state index contributed by atoms with van der Waals surface area (Å²) in [5.41, 5.74) is 4.63. The minimum Gasteiger partial charge on any atom is -0.489 e. The average molecular weight is 366 g/mol. The molecule has 3 nitrogen and oxygen atoms in total. The normalized spacial score (nSPS) is 10.4. The summed E-state index contributed by atoms with van der Waals surface area (Å²) in [7, 11) is 0. The molecule has 132 valence electrons. The smallest absolute Gasteiger partial charge is 0.255 e. The molecule has 0 spiro atoms. The molecule has 3 aromatic carbocycles. The summed E-state index contributed by atoms with van der Waals surface area (Å²) in [5, 5.41) is 3.59. The van der Waals surface area contributed by atoms with Crippen LogP contribution < -0.4 is 10.1 Å². The number of ether oxygens (including phenoxy) is 1. The molecule has 0 radical (unpaired) electrons. The van der Waals surface area contributed by atoms with Crippen molar-refractivity contribution in [3.63, 3.8) is 0 Å². The number of benzene rings is 3. The minimum atomic E-state index is -0.147. The summed E-state index contributed by atoms with van der Waals surface area (Å²) in [6.07, 6.45) is 0. The van der Waals surface area contributed by atoms with Crippen LogP contribution in [-0.4, -0.2) is 5.91 Å². The summed E-state index contributed by atoms with van der Waals surface area (Å²) in [6.45, 7) is 4.45. The number of aryl methyl sites for hydroxylation is 2. The molecule has 0 saturated heterocycles. The second kappa shape index (κ2) is 8.07. The summed E-state index contributed by atoms with van der Waals surface area (Å²) in [4.78, 5) is 12.4. The molecule has 3 rings (SSSR count). The van der Waals surface area contributed by atoms with Crippen LogP contribution in [0.4, 0.5) is 5.69 Å². The number of rotatable bonds is 5. The number of hydrogen-bond donors (Lipinski definition) is 1. The van der Waals surface area contributed by atoms with Crippen molar-refractivity contribution in [3.05, 3.63) is 94.0 Å². The van der Waals surface area contributed by atoms with Crippen molar-refractivity contribution in [2.45, 2.75) is 20.5 Å². The van der Waals surface area contributed by atoms with Gasteiger partial charge in [0.1, 0.15) is 12.4 Å². The van der Waals surface area contributed by atoms with E-state index >= 15 is 0 Å². The predicted octanol–water partition coefficient (Wildman–Crippen LogP) is 5.79. The maximum Gasteiger partial charge on any atom is 0.255 e. The fraction of sp³-hybridized carbons (Fsp3) is 0.136. The Labute approximate surface area is 158 Å². The van der Waals surface area contributed by atoms with Crippen LogP contribution in [0.25, 0.3) is 0 Å². The number of carbonyl (C=O) groups is 1. The van der Waals surface area contributed by atoms with Crippen molar-refractivity contribution in [2.24, 2.45) is 0 Å². The third-order valence-corrected chi connectivity index (χ3v) is 4.60. The number of amides is 1. The molecule has 26 heavy (non-hydrogen) atoms. The molecule has 0 aliphatic rings. The van der Waals surface area contributed by atoms with E-state index in [0.29, 0.717) is 22.9 Å². The molecule has 0 aliphatic carbocycles. The van der Waals surface area contributed by atoms with E-state index in [-0.39, 0.29) is 5.91 Å². The van der Waals surface area contributed by atoms with Crippen molar-refractivity contribution in [2.75, 3.05) is 5.32 Å². The highest BCUT2D eigenvalue weighted by atomic mass is 35.5. The largest absolute Gasteiger partial charge is 0.489 e. The zero-order chi connectivity index (χ0) is 18.5. The SMILES string of the molecule is Cc1ccc(NC(=O)c2ccc(OCc3ccccc3Cl)cc2)cc1C. The predicted molar refractivity (Wildman–Crippen MR) is 106 cm³/mol. The Bertz CT molecular complexity index is 920. The van der Waals surface area contributed by atoms with Gasteiger partial charge in [-0.05, 0) is 67.4 Å². The van der Waals surface area contributed by atoms with Crippen LogP contribution in [0, 0.1) is 13.8 Å². The van der Waals surface area contributed by atoms with E-state index < -0.39 is 0 Å². The highest BCUT2D eigenvalue weighted by Crippen LogP contribution is 2.20. The fourth-order valence-electron chi connectivity index (χ4n) is 2.50. The molecule has 0 unspecified atom stereocenters. The van der Waals surface area contributed by atoms with Gasteiger partial charge in [0.2, 0.25) is 0 Å². The first-order chi connectivity index (χ1) is 12.5. The van der Waals surface area contributed by atoms with E-state index in [4.69, 9.17) is 16.3 Å². The summed E-state index contributed by atoms with van der Waals surface area (Å²) in [5.74, 6) is 0.540. The quantitative estimate of drug-likeness (QED) is 0.621. The first kappa shape index (κ1) is 18.0. The van der Waals surface area contributed by atoms with Gasteiger partial charge < -0.3 is 10.1 Å². The van der Waals surface area contributed by atoms with Gasteiger partial charge in [0.05, 0.1) is 0 Å². The maximum atomic E-state index is 12.4. The van der Waals surface area contributed by atoms with Crippen LogP contribution in [-0.2, 0) is 6.61 Å². The Hall–Kier alpha value is -2.78. The molecule has 3 aromatic rings. The molecule has 0 aliphatic heterocycles. The molecular formula is C22H20ClNO2. The number of hydrogen-bond acceptors (Lipinski definition) is 2. The van der Waals surface area contributed by atoms with Gasteiger partial charge in [0.25, 0.3) is 5.91 Å². The van der Waals surface area contributed by atoms with Gasteiger partial charge in [0, 0.05) is 21.8 Å². The summed E-state index contributed by atoms with van der Waals surface area (Å²) < 4.78 is 5.74. The Morgan fingerprint density at radius 1 is 0.962 bits per heavy atom. The maximum absolute atomic E-state index is 12.4. The second-order valence-corrected chi connectivity index (χ2v) is 6.56.